The average molecular weight is 517 g/mol. The highest BCUT2D eigenvalue weighted by atomic mass is 127. The number of amides is 1. The second kappa shape index (κ2) is 9.09. The zero-order valence-electron chi connectivity index (χ0n) is 15.0. The third-order valence-corrected chi connectivity index (χ3v) is 6.52. The van der Waals surface area contributed by atoms with Crippen LogP contribution in [-0.2, 0) is 10.0 Å². The van der Waals surface area contributed by atoms with Crippen LogP contribution < -0.4 is 15.4 Å². The predicted octanol–water partition coefficient (Wildman–Crippen LogP) is 3.41. The van der Waals surface area contributed by atoms with Gasteiger partial charge in [-0.3, -0.25) is 10.1 Å². The Morgan fingerprint density at radius 3 is 2.30 bits per heavy atom. The Bertz CT molecular complexity index is 958. The first kappa shape index (κ1) is 21.7. The highest BCUT2D eigenvalue weighted by Crippen LogP contribution is 2.15. The van der Waals surface area contributed by atoms with Crippen LogP contribution in [0.1, 0.15) is 29.8 Å². The fourth-order valence-electron chi connectivity index (χ4n) is 2.17. The van der Waals surface area contributed by atoms with Gasteiger partial charge >= 0.3 is 0 Å². The van der Waals surface area contributed by atoms with Gasteiger partial charge in [-0.15, -0.1) is 0 Å². The second-order valence-electron chi connectivity index (χ2n) is 6.17. The summed E-state index contributed by atoms with van der Waals surface area (Å²) in [6, 6.07) is 11.3. The van der Waals surface area contributed by atoms with Gasteiger partial charge in [0, 0.05) is 20.9 Å². The molecule has 0 saturated carbocycles. The molecule has 2 aromatic rings. The van der Waals surface area contributed by atoms with Crippen molar-refractivity contribution in [2.45, 2.75) is 31.7 Å². The number of sulfonamides is 1. The first-order valence-electron chi connectivity index (χ1n) is 8.09. The lowest BCUT2D eigenvalue weighted by Crippen LogP contribution is -2.34. The Labute approximate surface area is 178 Å². The highest BCUT2D eigenvalue weighted by Gasteiger charge is 2.15. The van der Waals surface area contributed by atoms with E-state index in [1.165, 1.54) is 12.1 Å². The van der Waals surface area contributed by atoms with Crippen molar-refractivity contribution in [1.82, 2.24) is 10.0 Å². The van der Waals surface area contributed by atoms with E-state index in [0.29, 0.717) is 11.3 Å². The summed E-state index contributed by atoms with van der Waals surface area (Å²) < 4.78 is 27.7. The number of hydrogen-bond acceptors (Lipinski definition) is 4. The largest absolute Gasteiger partial charge is 0.332 e. The number of halogens is 1. The summed E-state index contributed by atoms with van der Waals surface area (Å²) in [7, 11) is -3.55. The standard InChI is InChI=1S/C18H20IN3O3S2/c1-11(2)22-27(24,25)15-8-6-14(7-9-15)20-18(26)21-17(23)13-5-4-12(3)16(19)10-13/h4-11,22H,1-3H3,(H2,20,21,23,26). The lowest BCUT2D eigenvalue weighted by molar-refractivity contribution is 0.0977. The molecule has 0 heterocycles. The van der Waals surface area contributed by atoms with Crippen molar-refractivity contribution in [3.8, 4) is 0 Å². The molecule has 0 aliphatic rings. The number of anilines is 1. The van der Waals surface area contributed by atoms with Crippen molar-refractivity contribution in [1.29, 1.82) is 0 Å². The van der Waals surface area contributed by atoms with Crippen LogP contribution in [0.4, 0.5) is 5.69 Å². The summed E-state index contributed by atoms with van der Waals surface area (Å²) in [5.74, 6) is -0.314. The number of rotatable bonds is 5. The first-order chi connectivity index (χ1) is 12.6. The second-order valence-corrected chi connectivity index (χ2v) is 9.46. The summed E-state index contributed by atoms with van der Waals surface area (Å²) in [5.41, 5.74) is 2.17. The SMILES string of the molecule is Cc1ccc(C(=O)NC(=S)Nc2ccc(S(=O)(=O)NC(C)C)cc2)cc1I. The Morgan fingerprint density at radius 1 is 1.11 bits per heavy atom. The molecular weight excluding hydrogens is 497 g/mol. The molecule has 2 aromatic carbocycles. The molecule has 0 spiro atoms. The minimum absolute atomic E-state index is 0.131. The molecule has 0 aliphatic heterocycles. The number of hydrogen-bond donors (Lipinski definition) is 3. The van der Waals surface area contributed by atoms with Crippen LogP contribution in [-0.4, -0.2) is 25.5 Å². The fraction of sp³-hybridized carbons (Fsp3) is 0.222. The van der Waals surface area contributed by atoms with Gasteiger partial charge in [0.1, 0.15) is 0 Å². The van der Waals surface area contributed by atoms with Gasteiger partial charge in [-0.05, 0) is 97.5 Å². The summed E-state index contributed by atoms with van der Waals surface area (Å²) >= 11 is 7.33. The third-order valence-electron chi connectivity index (χ3n) is 3.47. The Hall–Kier alpha value is -1.56. The van der Waals surface area contributed by atoms with Gasteiger partial charge in [-0.1, -0.05) is 6.07 Å². The van der Waals surface area contributed by atoms with Crippen LogP contribution in [0.5, 0.6) is 0 Å². The smallest absolute Gasteiger partial charge is 0.257 e. The van der Waals surface area contributed by atoms with E-state index in [1.807, 2.05) is 13.0 Å². The lowest BCUT2D eigenvalue weighted by atomic mass is 10.1. The number of thiocarbonyl (C=S) groups is 1. The Morgan fingerprint density at radius 2 is 1.74 bits per heavy atom. The normalized spacial score (nSPS) is 11.3. The van der Waals surface area contributed by atoms with E-state index in [2.05, 4.69) is 37.9 Å². The van der Waals surface area contributed by atoms with Crippen molar-refractivity contribution in [2.24, 2.45) is 0 Å². The topological polar surface area (TPSA) is 87.3 Å². The van der Waals surface area contributed by atoms with Gasteiger partial charge in [0.2, 0.25) is 10.0 Å². The van der Waals surface area contributed by atoms with Crippen LogP contribution >= 0.6 is 34.8 Å². The van der Waals surface area contributed by atoms with E-state index in [4.69, 9.17) is 12.2 Å². The summed E-state index contributed by atoms with van der Waals surface area (Å²) in [6.07, 6.45) is 0. The number of benzene rings is 2. The number of nitrogens with one attached hydrogen (secondary N) is 3. The van der Waals surface area contributed by atoms with Crippen molar-refractivity contribution in [3.63, 3.8) is 0 Å². The lowest BCUT2D eigenvalue weighted by Gasteiger charge is -2.12. The summed E-state index contributed by atoms with van der Waals surface area (Å²) in [5, 5.41) is 5.61. The van der Waals surface area contributed by atoms with Crippen molar-refractivity contribution in [2.75, 3.05) is 5.32 Å². The third kappa shape index (κ3) is 6.23. The molecule has 0 unspecified atom stereocenters. The van der Waals surface area contributed by atoms with Crippen LogP contribution in [0, 0.1) is 10.5 Å². The van der Waals surface area contributed by atoms with Crippen LogP contribution in [0.3, 0.4) is 0 Å². The van der Waals surface area contributed by atoms with Crippen molar-refractivity contribution >= 4 is 61.5 Å². The number of carbonyl (C=O) groups excluding carboxylic acids is 1. The molecule has 1 amide bonds. The molecule has 9 heteroatoms. The van der Waals surface area contributed by atoms with Gasteiger partial charge in [0.05, 0.1) is 4.90 Å². The molecule has 0 aromatic heterocycles. The zero-order valence-corrected chi connectivity index (χ0v) is 18.8. The minimum Gasteiger partial charge on any atom is -0.332 e. The van der Waals surface area contributed by atoms with Crippen LogP contribution in [0.25, 0.3) is 0 Å². The number of carbonyl (C=O) groups is 1. The van der Waals surface area contributed by atoms with Crippen molar-refractivity contribution in [3.05, 3.63) is 57.2 Å². The molecule has 27 heavy (non-hydrogen) atoms. The fourth-order valence-corrected chi connectivity index (χ4v) is 4.14. The quantitative estimate of drug-likeness (QED) is 0.418. The maximum atomic E-state index is 12.3. The molecule has 6 nitrogen and oxygen atoms in total. The van der Waals surface area contributed by atoms with Gasteiger partial charge < -0.3 is 5.32 Å². The molecule has 0 atom stereocenters. The van der Waals surface area contributed by atoms with Gasteiger partial charge in [0.15, 0.2) is 5.11 Å². The van der Waals surface area contributed by atoms with E-state index in [-0.39, 0.29) is 22.0 Å². The van der Waals surface area contributed by atoms with Gasteiger partial charge in [0.25, 0.3) is 5.91 Å². The molecule has 2 rings (SSSR count). The Balaban J connectivity index is 2.01. The van der Waals surface area contributed by atoms with E-state index in [0.717, 1.165) is 9.13 Å². The minimum atomic E-state index is -3.55. The number of aryl methyl sites for hydroxylation is 1. The predicted molar refractivity (Wildman–Crippen MR) is 119 cm³/mol. The van der Waals surface area contributed by atoms with Gasteiger partial charge in [-0.2, -0.15) is 0 Å². The first-order valence-corrected chi connectivity index (χ1v) is 11.1. The van der Waals surface area contributed by atoms with Crippen LogP contribution in [0.2, 0.25) is 0 Å². The van der Waals surface area contributed by atoms with E-state index in [1.54, 1.807) is 38.1 Å². The molecule has 0 fully saturated rings. The maximum absolute atomic E-state index is 12.3. The summed E-state index contributed by atoms with van der Waals surface area (Å²) in [4.78, 5) is 12.4. The monoisotopic (exact) mass is 517 g/mol. The molecule has 3 N–H and O–H groups in total. The highest BCUT2D eigenvalue weighted by molar-refractivity contribution is 14.1. The summed E-state index contributed by atoms with van der Waals surface area (Å²) in [6.45, 7) is 5.48. The molecular formula is C18H20IN3O3S2. The molecule has 144 valence electrons. The molecule has 0 radical (unpaired) electrons. The zero-order chi connectivity index (χ0) is 20.2. The van der Waals surface area contributed by atoms with E-state index < -0.39 is 10.0 Å². The molecule has 0 bridgehead atoms. The Kier molecular flexibility index (Phi) is 7.32. The van der Waals surface area contributed by atoms with Gasteiger partial charge in [-0.25, -0.2) is 13.1 Å². The van der Waals surface area contributed by atoms with E-state index in [9.17, 15) is 13.2 Å². The molecule has 0 aliphatic carbocycles. The average Bonchev–Trinajstić information content (AvgIpc) is 2.56. The van der Waals surface area contributed by atoms with Crippen molar-refractivity contribution < 1.29 is 13.2 Å². The molecule has 0 saturated heterocycles. The van der Waals surface area contributed by atoms with Crippen LogP contribution in [0.15, 0.2) is 47.4 Å². The maximum Gasteiger partial charge on any atom is 0.257 e. The van der Waals surface area contributed by atoms with E-state index >= 15 is 0 Å².